The average molecular weight is 239 g/mol. The SMILES string of the molecule is C=C1C=C(CBr)C=C/C1=N/C=C\N. The maximum atomic E-state index is 5.18. The molecule has 0 fully saturated rings. The molecule has 2 N–H and O–H groups in total. The van der Waals surface area contributed by atoms with Crippen LogP contribution < -0.4 is 5.73 Å². The van der Waals surface area contributed by atoms with E-state index in [2.05, 4.69) is 27.5 Å². The fraction of sp³-hybridized carbons (Fsp3) is 0.100. The van der Waals surface area contributed by atoms with Crippen LogP contribution in [0, 0.1) is 0 Å². The van der Waals surface area contributed by atoms with Gasteiger partial charge < -0.3 is 5.73 Å². The number of allylic oxidation sites excluding steroid dienone is 5. The van der Waals surface area contributed by atoms with E-state index in [0.29, 0.717) is 0 Å². The summed E-state index contributed by atoms with van der Waals surface area (Å²) in [5, 5.41) is 0.836. The van der Waals surface area contributed by atoms with Crippen LogP contribution in [0.1, 0.15) is 0 Å². The molecule has 1 rings (SSSR count). The molecule has 0 atom stereocenters. The standard InChI is InChI=1S/C10H11BrN2/c1-8-6-9(7-11)2-3-10(8)13-5-4-12/h2-6H,1,7,12H2/b5-4-,13-10-. The van der Waals surface area contributed by atoms with Crippen molar-refractivity contribution in [1.82, 2.24) is 0 Å². The first kappa shape index (κ1) is 9.99. The third-order valence-electron chi connectivity index (χ3n) is 1.60. The summed E-state index contributed by atoms with van der Waals surface area (Å²) in [6.45, 7) is 3.89. The number of alkyl halides is 1. The molecular formula is C10H11BrN2. The Morgan fingerprint density at radius 2 is 2.31 bits per heavy atom. The molecule has 0 saturated heterocycles. The molecule has 0 bridgehead atoms. The second-order valence-electron chi connectivity index (χ2n) is 2.57. The Bertz CT molecular complexity index is 322. The van der Waals surface area contributed by atoms with Crippen molar-refractivity contribution in [2.75, 3.05) is 5.33 Å². The molecule has 0 unspecified atom stereocenters. The molecule has 68 valence electrons. The largest absolute Gasteiger partial charge is 0.403 e. The van der Waals surface area contributed by atoms with Crippen LogP contribution in [0.3, 0.4) is 0 Å². The second kappa shape index (κ2) is 4.82. The highest BCUT2D eigenvalue weighted by atomic mass is 79.9. The number of nitrogens with two attached hydrogens (primary N) is 1. The molecule has 2 nitrogen and oxygen atoms in total. The molecular weight excluding hydrogens is 228 g/mol. The van der Waals surface area contributed by atoms with E-state index in [4.69, 9.17) is 5.73 Å². The van der Waals surface area contributed by atoms with E-state index in [0.717, 1.165) is 16.6 Å². The lowest BCUT2D eigenvalue weighted by Crippen LogP contribution is -2.01. The van der Waals surface area contributed by atoms with Crippen molar-refractivity contribution in [1.29, 1.82) is 0 Å². The third kappa shape index (κ3) is 2.70. The molecule has 1 aliphatic rings. The van der Waals surface area contributed by atoms with E-state index < -0.39 is 0 Å². The zero-order valence-electron chi connectivity index (χ0n) is 7.20. The molecule has 0 aromatic rings. The van der Waals surface area contributed by atoms with Gasteiger partial charge in [0.1, 0.15) is 0 Å². The van der Waals surface area contributed by atoms with E-state index in [-0.39, 0.29) is 0 Å². The van der Waals surface area contributed by atoms with Crippen LogP contribution in [-0.4, -0.2) is 11.0 Å². The van der Waals surface area contributed by atoms with Gasteiger partial charge in [0.2, 0.25) is 0 Å². The first-order chi connectivity index (χ1) is 6.27. The van der Waals surface area contributed by atoms with Gasteiger partial charge in [-0.25, -0.2) is 0 Å². The minimum Gasteiger partial charge on any atom is -0.403 e. The van der Waals surface area contributed by atoms with Crippen molar-refractivity contribution in [3.8, 4) is 0 Å². The Morgan fingerprint density at radius 1 is 1.54 bits per heavy atom. The van der Waals surface area contributed by atoms with Crippen molar-refractivity contribution in [3.05, 3.63) is 48.4 Å². The van der Waals surface area contributed by atoms with Crippen LogP contribution >= 0.6 is 15.9 Å². The first-order valence-corrected chi connectivity index (χ1v) is 4.98. The number of halogens is 1. The highest BCUT2D eigenvalue weighted by Gasteiger charge is 2.04. The molecule has 0 saturated carbocycles. The Morgan fingerprint density at radius 3 is 2.85 bits per heavy atom. The smallest absolute Gasteiger partial charge is 0.0696 e. The van der Waals surface area contributed by atoms with E-state index in [1.807, 2.05) is 18.2 Å². The number of nitrogens with zero attached hydrogens (tertiary/aromatic N) is 1. The lowest BCUT2D eigenvalue weighted by molar-refractivity contribution is 1.45. The molecule has 0 aromatic heterocycles. The number of aliphatic imine (C=N–C) groups is 1. The lowest BCUT2D eigenvalue weighted by atomic mass is 10.0. The van der Waals surface area contributed by atoms with Gasteiger partial charge in [0.15, 0.2) is 0 Å². The van der Waals surface area contributed by atoms with Crippen molar-refractivity contribution < 1.29 is 0 Å². The fourth-order valence-corrected chi connectivity index (χ4v) is 1.32. The van der Waals surface area contributed by atoms with Gasteiger partial charge >= 0.3 is 0 Å². The quantitative estimate of drug-likeness (QED) is 0.738. The van der Waals surface area contributed by atoms with Crippen LogP contribution in [0.2, 0.25) is 0 Å². The molecule has 0 spiro atoms. The van der Waals surface area contributed by atoms with Gasteiger partial charge in [0.05, 0.1) is 5.71 Å². The summed E-state index contributed by atoms with van der Waals surface area (Å²) < 4.78 is 0. The number of hydrogen-bond donors (Lipinski definition) is 1. The fourth-order valence-electron chi connectivity index (χ4n) is 0.971. The van der Waals surface area contributed by atoms with Gasteiger partial charge in [-0.1, -0.05) is 28.6 Å². The molecule has 0 aliphatic heterocycles. The summed E-state index contributed by atoms with van der Waals surface area (Å²) in [7, 11) is 0. The summed E-state index contributed by atoms with van der Waals surface area (Å²) in [5.41, 5.74) is 8.14. The molecule has 0 aromatic carbocycles. The van der Waals surface area contributed by atoms with E-state index in [1.165, 1.54) is 11.8 Å². The minimum absolute atomic E-state index is 0.836. The van der Waals surface area contributed by atoms with E-state index in [1.54, 1.807) is 6.20 Å². The Hall–Kier alpha value is -1.09. The molecule has 1 aliphatic carbocycles. The highest BCUT2D eigenvalue weighted by molar-refractivity contribution is 9.09. The van der Waals surface area contributed by atoms with Gasteiger partial charge in [-0.15, -0.1) is 0 Å². The van der Waals surface area contributed by atoms with Gasteiger partial charge in [0.25, 0.3) is 0 Å². The summed E-state index contributed by atoms with van der Waals surface area (Å²) in [4.78, 5) is 4.12. The Kier molecular flexibility index (Phi) is 3.71. The first-order valence-electron chi connectivity index (χ1n) is 3.86. The van der Waals surface area contributed by atoms with Crippen molar-refractivity contribution >= 4 is 21.6 Å². The van der Waals surface area contributed by atoms with E-state index in [9.17, 15) is 0 Å². The predicted molar refractivity (Wildman–Crippen MR) is 60.9 cm³/mol. The van der Waals surface area contributed by atoms with Crippen LogP contribution in [0.5, 0.6) is 0 Å². The lowest BCUT2D eigenvalue weighted by Gasteiger charge is -2.07. The van der Waals surface area contributed by atoms with Crippen LogP contribution in [0.15, 0.2) is 53.3 Å². The van der Waals surface area contributed by atoms with Gasteiger partial charge in [0, 0.05) is 17.7 Å². The minimum atomic E-state index is 0.836. The normalized spacial score (nSPS) is 19.9. The van der Waals surface area contributed by atoms with Crippen LogP contribution in [-0.2, 0) is 0 Å². The summed E-state index contributed by atoms with van der Waals surface area (Å²) in [5.74, 6) is 0. The number of rotatable bonds is 2. The zero-order valence-corrected chi connectivity index (χ0v) is 8.79. The van der Waals surface area contributed by atoms with Gasteiger partial charge in [-0.05, 0) is 23.3 Å². The van der Waals surface area contributed by atoms with Gasteiger partial charge in [-0.3, -0.25) is 4.99 Å². The zero-order chi connectivity index (χ0) is 9.68. The summed E-state index contributed by atoms with van der Waals surface area (Å²) >= 11 is 3.38. The van der Waals surface area contributed by atoms with Crippen LogP contribution in [0.25, 0.3) is 0 Å². The molecule has 3 heteroatoms. The molecule has 13 heavy (non-hydrogen) atoms. The average Bonchev–Trinajstić information content (AvgIpc) is 2.16. The Balaban J connectivity index is 2.83. The monoisotopic (exact) mass is 238 g/mol. The molecule has 0 amide bonds. The number of hydrogen-bond acceptors (Lipinski definition) is 2. The van der Waals surface area contributed by atoms with E-state index >= 15 is 0 Å². The summed E-state index contributed by atoms with van der Waals surface area (Å²) in [6, 6.07) is 0. The van der Waals surface area contributed by atoms with Crippen LogP contribution in [0.4, 0.5) is 0 Å². The van der Waals surface area contributed by atoms with Gasteiger partial charge in [-0.2, -0.15) is 0 Å². The topological polar surface area (TPSA) is 38.4 Å². The predicted octanol–water partition coefficient (Wildman–Crippen LogP) is 2.30. The Labute approximate surface area is 86.4 Å². The second-order valence-corrected chi connectivity index (χ2v) is 3.13. The molecule has 0 heterocycles. The summed E-state index contributed by atoms with van der Waals surface area (Å²) in [6.07, 6.45) is 8.89. The maximum Gasteiger partial charge on any atom is 0.0696 e. The highest BCUT2D eigenvalue weighted by Crippen LogP contribution is 2.14. The maximum absolute atomic E-state index is 5.18. The van der Waals surface area contributed by atoms with Crippen molar-refractivity contribution in [3.63, 3.8) is 0 Å². The molecule has 0 radical (unpaired) electrons. The van der Waals surface area contributed by atoms with Crippen molar-refractivity contribution in [2.45, 2.75) is 0 Å². The van der Waals surface area contributed by atoms with Crippen molar-refractivity contribution in [2.24, 2.45) is 10.7 Å². The third-order valence-corrected chi connectivity index (χ3v) is 2.25.